The Morgan fingerprint density at radius 1 is 1.29 bits per heavy atom. The van der Waals surface area contributed by atoms with E-state index in [1.54, 1.807) is 11.8 Å². The molecule has 0 bridgehead atoms. The van der Waals surface area contributed by atoms with E-state index in [0.29, 0.717) is 18.7 Å². The number of nitrogens with zero attached hydrogens (tertiary/aromatic N) is 1. The number of unbranched alkanes of at least 4 members (excludes halogenated alkanes) is 1. The SMILES string of the molecule is CN1CSC[C@H]1C(=O)N[C@@H](CCCCN)C(=O)NCC(=O)Sc1ccccc1. The Morgan fingerprint density at radius 2 is 2.04 bits per heavy atom. The minimum atomic E-state index is -0.660. The predicted octanol–water partition coefficient (Wildman–Crippen LogP) is 1.04. The molecule has 1 fully saturated rings. The van der Waals surface area contributed by atoms with Crippen molar-refractivity contribution < 1.29 is 14.4 Å². The number of rotatable bonds is 10. The molecule has 1 aliphatic rings. The van der Waals surface area contributed by atoms with E-state index in [2.05, 4.69) is 10.6 Å². The van der Waals surface area contributed by atoms with Crippen LogP contribution in [0.25, 0.3) is 0 Å². The van der Waals surface area contributed by atoms with Crippen LogP contribution in [0.15, 0.2) is 35.2 Å². The fourth-order valence-electron chi connectivity index (χ4n) is 2.77. The van der Waals surface area contributed by atoms with Crippen molar-refractivity contribution in [2.24, 2.45) is 5.73 Å². The first-order valence-corrected chi connectivity index (χ1v) is 11.3. The number of benzene rings is 1. The van der Waals surface area contributed by atoms with Crippen molar-refractivity contribution in [3.63, 3.8) is 0 Å². The number of nitrogens with one attached hydrogen (secondary N) is 2. The molecule has 0 spiro atoms. The van der Waals surface area contributed by atoms with Crippen LogP contribution >= 0.6 is 23.5 Å². The Kier molecular flexibility index (Phi) is 9.83. The molecule has 0 aromatic heterocycles. The van der Waals surface area contributed by atoms with Crippen molar-refractivity contribution in [1.29, 1.82) is 0 Å². The van der Waals surface area contributed by atoms with Gasteiger partial charge in [0, 0.05) is 16.5 Å². The van der Waals surface area contributed by atoms with Gasteiger partial charge < -0.3 is 16.4 Å². The van der Waals surface area contributed by atoms with Gasteiger partial charge in [0.05, 0.1) is 12.6 Å². The molecule has 2 rings (SSSR count). The summed E-state index contributed by atoms with van der Waals surface area (Å²) < 4.78 is 0. The molecular weight excluding hydrogens is 396 g/mol. The number of hydrogen-bond donors (Lipinski definition) is 3. The summed E-state index contributed by atoms with van der Waals surface area (Å²) in [4.78, 5) is 40.0. The van der Waals surface area contributed by atoms with Crippen LogP contribution in [0.2, 0.25) is 0 Å². The van der Waals surface area contributed by atoms with Crippen LogP contribution in [0.4, 0.5) is 0 Å². The van der Waals surface area contributed by atoms with Crippen molar-refractivity contribution >= 4 is 40.5 Å². The Morgan fingerprint density at radius 3 is 2.68 bits per heavy atom. The van der Waals surface area contributed by atoms with Crippen LogP contribution in [-0.4, -0.2) is 65.7 Å². The van der Waals surface area contributed by atoms with Gasteiger partial charge in [-0.1, -0.05) is 30.0 Å². The lowest BCUT2D eigenvalue weighted by Crippen LogP contribution is -2.52. The highest BCUT2D eigenvalue weighted by molar-refractivity contribution is 8.13. The smallest absolute Gasteiger partial charge is 0.242 e. The fourth-order valence-corrected chi connectivity index (χ4v) is 4.67. The summed E-state index contributed by atoms with van der Waals surface area (Å²) in [6.45, 7) is 0.456. The van der Waals surface area contributed by atoms with Crippen LogP contribution in [0.1, 0.15) is 19.3 Å². The van der Waals surface area contributed by atoms with Gasteiger partial charge in [0.25, 0.3) is 0 Å². The quantitative estimate of drug-likeness (QED) is 0.381. The largest absolute Gasteiger partial charge is 0.346 e. The summed E-state index contributed by atoms with van der Waals surface area (Å²) in [5.74, 6) is 1.03. The number of carbonyl (C=O) groups excluding carboxylic acids is 3. The van der Waals surface area contributed by atoms with Crippen LogP contribution in [-0.2, 0) is 14.4 Å². The highest BCUT2D eigenvalue weighted by Crippen LogP contribution is 2.19. The van der Waals surface area contributed by atoms with Crippen molar-refractivity contribution in [3.8, 4) is 0 Å². The average Bonchev–Trinajstić information content (AvgIpc) is 3.12. The first-order chi connectivity index (χ1) is 13.5. The van der Waals surface area contributed by atoms with E-state index in [9.17, 15) is 14.4 Å². The molecular formula is C19H28N4O3S2. The van der Waals surface area contributed by atoms with Gasteiger partial charge in [-0.3, -0.25) is 19.3 Å². The van der Waals surface area contributed by atoms with E-state index >= 15 is 0 Å². The maximum absolute atomic E-state index is 12.6. The summed E-state index contributed by atoms with van der Waals surface area (Å²) in [5, 5.41) is 5.37. The maximum atomic E-state index is 12.6. The molecule has 28 heavy (non-hydrogen) atoms. The Hall–Kier alpha value is -1.55. The molecule has 9 heteroatoms. The summed E-state index contributed by atoms with van der Waals surface area (Å²) in [7, 11) is 1.90. The lowest BCUT2D eigenvalue weighted by molar-refractivity contribution is -0.131. The van der Waals surface area contributed by atoms with Crippen LogP contribution in [0.5, 0.6) is 0 Å². The average molecular weight is 425 g/mol. The van der Waals surface area contributed by atoms with Gasteiger partial charge >= 0.3 is 0 Å². The monoisotopic (exact) mass is 424 g/mol. The molecule has 1 saturated heterocycles. The van der Waals surface area contributed by atoms with Gasteiger partial charge in [-0.2, -0.15) is 0 Å². The van der Waals surface area contributed by atoms with Gasteiger partial charge in [-0.25, -0.2) is 0 Å². The number of hydrogen-bond acceptors (Lipinski definition) is 7. The van der Waals surface area contributed by atoms with Crippen molar-refractivity contribution in [1.82, 2.24) is 15.5 Å². The second kappa shape index (κ2) is 12.1. The van der Waals surface area contributed by atoms with E-state index in [4.69, 9.17) is 5.73 Å². The highest BCUT2D eigenvalue weighted by atomic mass is 32.2. The number of nitrogens with two attached hydrogens (primary N) is 1. The zero-order valence-corrected chi connectivity index (χ0v) is 17.7. The number of amides is 2. The lowest BCUT2D eigenvalue weighted by atomic mass is 10.1. The van der Waals surface area contributed by atoms with E-state index < -0.39 is 6.04 Å². The molecule has 1 aromatic rings. The van der Waals surface area contributed by atoms with E-state index in [0.717, 1.165) is 35.4 Å². The minimum absolute atomic E-state index is 0.0825. The highest BCUT2D eigenvalue weighted by Gasteiger charge is 2.31. The summed E-state index contributed by atoms with van der Waals surface area (Å²) in [6.07, 6.45) is 2.01. The lowest BCUT2D eigenvalue weighted by Gasteiger charge is -2.23. The Bertz CT molecular complexity index is 660. The van der Waals surface area contributed by atoms with Gasteiger partial charge in [0.2, 0.25) is 16.9 Å². The standard InChI is InChI=1S/C19H28N4O3S2/c1-23-13-27-12-16(23)19(26)22-15(9-5-6-10-20)18(25)21-11-17(24)28-14-7-3-2-4-8-14/h2-4,7-8,15-16H,5-6,9-13,20H2,1H3,(H,21,25)(H,22,26)/t15-,16-/m0/s1. The Balaban J connectivity index is 1.86. The number of carbonyl (C=O) groups is 3. The van der Waals surface area contributed by atoms with E-state index in [1.165, 1.54) is 0 Å². The molecule has 154 valence electrons. The van der Waals surface area contributed by atoms with Gasteiger partial charge in [-0.05, 0) is 45.0 Å². The van der Waals surface area contributed by atoms with Crippen molar-refractivity contribution in [2.75, 3.05) is 31.8 Å². The minimum Gasteiger partial charge on any atom is -0.346 e. The van der Waals surface area contributed by atoms with E-state index in [1.807, 2.05) is 42.3 Å². The van der Waals surface area contributed by atoms with Crippen LogP contribution in [0.3, 0.4) is 0 Å². The Labute approximate surface area is 174 Å². The summed E-state index contributed by atoms with van der Waals surface area (Å²) in [6, 6.07) is 8.39. The third-order valence-electron chi connectivity index (χ3n) is 4.37. The molecule has 1 aliphatic heterocycles. The van der Waals surface area contributed by atoms with Crippen LogP contribution in [0, 0.1) is 0 Å². The molecule has 0 saturated carbocycles. The van der Waals surface area contributed by atoms with E-state index in [-0.39, 0.29) is 29.5 Å². The molecule has 0 aliphatic carbocycles. The second-order valence-corrected chi connectivity index (χ2v) is 8.75. The maximum Gasteiger partial charge on any atom is 0.242 e. The molecule has 1 heterocycles. The third-order valence-corrected chi connectivity index (χ3v) is 6.39. The number of thioether (sulfide) groups is 2. The second-order valence-electron chi connectivity index (χ2n) is 6.62. The molecule has 0 radical (unpaired) electrons. The molecule has 2 atom stereocenters. The third kappa shape index (κ3) is 7.46. The van der Waals surface area contributed by atoms with Crippen molar-refractivity contribution in [2.45, 2.75) is 36.2 Å². The normalized spacial score (nSPS) is 17.9. The first kappa shape index (κ1) is 22.7. The van der Waals surface area contributed by atoms with Gasteiger partial charge in [0.15, 0.2) is 0 Å². The number of likely N-dealkylation sites (N-methyl/N-ethyl adjacent to an activating group) is 1. The molecule has 1 aromatic carbocycles. The summed E-state index contributed by atoms with van der Waals surface area (Å²) in [5.41, 5.74) is 5.54. The topological polar surface area (TPSA) is 105 Å². The fraction of sp³-hybridized carbons (Fsp3) is 0.526. The van der Waals surface area contributed by atoms with Crippen LogP contribution < -0.4 is 16.4 Å². The zero-order valence-electron chi connectivity index (χ0n) is 16.1. The molecule has 0 unspecified atom stereocenters. The molecule has 7 nitrogen and oxygen atoms in total. The van der Waals surface area contributed by atoms with Gasteiger partial charge in [-0.15, -0.1) is 11.8 Å². The summed E-state index contributed by atoms with van der Waals surface area (Å²) >= 11 is 2.78. The molecule has 4 N–H and O–H groups in total. The predicted molar refractivity (Wildman–Crippen MR) is 114 cm³/mol. The van der Waals surface area contributed by atoms with Gasteiger partial charge in [0.1, 0.15) is 6.04 Å². The molecule has 2 amide bonds. The first-order valence-electron chi connectivity index (χ1n) is 9.33. The van der Waals surface area contributed by atoms with Crippen molar-refractivity contribution in [3.05, 3.63) is 30.3 Å². The zero-order chi connectivity index (χ0) is 20.4.